The van der Waals surface area contributed by atoms with Crippen LogP contribution in [0.5, 0.6) is 0 Å². The van der Waals surface area contributed by atoms with Crippen molar-refractivity contribution in [2.45, 2.75) is 0 Å². The normalized spacial score (nSPS) is 10.7. The summed E-state index contributed by atoms with van der Waals surface area (Å²) < 4.78 is 5.61. The van der Waals surface area contributed by atoms with E-state index in [4.69, 9.17) is 9.52 Å². The Hall–Kier alpha value is -3.87. The van der Waals surface area contributed by atoms with Crippen LogP contribution in [0.3, 0.4) is 0 Å². The lowest BCUT2D eigenvalue weighted by molar-refractivity contribution is -0.119. The fourth-order valence-corrected chi connectivity index (χ4v) is 2.33. The van der Waals surface area contributed by atoms with Crippen LogP contribution in [0.1, 0.15) is 16.1 Å². The number of aromatic carboxylic acids is 1. The van der Waals surface area contributed by atoms with Gasteiger partial charge in [0.2, 0.25) is 0 Å². The van der Waals surface area contributed by atoms with Crippen molar-refractivity contribution in [2.24, 2.45) is 5.10 Å². The molecule has 0 aliphatic carbocycles. The van der Waals surface area contributed by atoms with Crippen LogP contribution in [0.4, 0.5) is 5.69 Å². The lowest BCUT2D eigenvalue weighted by atomic mass is 10.1. The first-order valence-corrected chi connectivity index (χ1v) is 8.16. The monoisotopic (exact) mass is 363 g/mol. The van der Waals surface area contributed by atoms with E-state index >= 15 is 0 Å². The molecule has 0 unspecified atom stereocenters. The predicted molar refractivity (Wildman–Crippen MR) is 102 cm³/mol. The van der Waals surface area contributed by atoms with Gasteiger partial charge in [0.25, 0.3) is 5.91 Å². The highest BCUT2D eigenvalue weighted by atomic mass is 16.4. The molecule has 7 nitrogen and oxygen atoms in total. The van der Waals surface area contributed by atoms with Gasteiger partial charge in [0, 0.05) is 11.3 Å². The summed E-state index contributed by atoms with van der Waals surface area (Å²) in [5.41, 5.74) is 4.07. The molecular weight excluding hydrogens is 346 g/mol. The maximum atomic E-state index is 11.8. The number of carbonyl (C=O) groups is 2. The highest BCUT2D eigenvalue weighted by molar-refractivity contribution is 5.89. The Morgan fingerprint density at radius 2 is 1.85 bits per heavy atom. The zero-order chi connectivity index (χ0) is 19.1. The number of carboxylic acid groups (broad SMARTS) is 1. The Labute approximate surface area is 155 Å². The van der Waals surface area contributed by atoms with Crippen LogP contribution >= 0.6 is 0 Å². The molecule has 2 aromatic carbocycles. The van der Waals surface area contributed by atoms with Crippen molar-refractivity contribution >= 4 is 23.8 Å². The van der Waals surface area contributed by atoms with E-state index in [9.17, 15) is 9.59 Å². The number of carbonyl (C=O) groups excluding carboxylic acids is 1. The number of amides is 1. The summed E-state index contributed by atoms with van der Waals surface area (Å²) in [7, 11) is 0. The molecular formula is C20H17N3O4. The average Bonchev–Trinajstić information content (AvgIpc) is 3.16. The van der Waals surface area contributed by atoms with E-state index in [0.29, 0.717) is 17.1 Å². The molecule has 0 fully saturated rings. The van der Waals surface area contributed by atoms with Crippen LogP contribution < -0.4 is 10.7 Å². The summed E-state index contributed by atoms with van der Waals surface area (Å²) in [5.74, 6) is -0.355. The van der Waals surface area contributed by atoms with Crippen molar-refractivity contribution in [3.8, 4) is 11.3 Å². The third-order valence-electron chi connectivity index (χ3n) is 3.63. The summed E-state index contributed by atoms with van der Waals surface area (Å²) in [6, 6.07) is 19.2. The number of hydrogen-bond acceptors (Lipinski definition) is 5. The zero-order valence-corrected chi connectivity index (χ0v) is 14.3. The molecule has 136 valence electrons. The van der Waals surface area contributed by atoms with Gasteiger partial charge in [-0.05, 0) is 36.4 Å². The molecule has 0 saturated heterocycles. The van der Waals surface area contributed by atoms with E-state index in [1.807, 2.05) is 30.3 Å². The Balaban J connectivity index is 1.55. The number of furan rings is 1. The van der Waals surface area contributed by atoms with E-state index in [-0.39, 0.29) is 18.0 Å². The Morgan fingerprint density at radius 3 is 2.63 bits per heavy atom. The van der Waals surface area contributed by atoms with Crippen molar-refractivity contribution in [3.63, 3.8) is 0 Å². The first kappa shape index (κ1) is 17.9. The van der Waals surface area contributed by atoms with Gasteiger partial charge in [-0.25, -0.2) is 10.2 Å². The maximum absolute atomic E-state index is 11.8. The molecule has 3 N–H and O–H groups in total. The molecule has 7 heteroatoms. The van der Waals surface area contributed by atoms with E-state index in [1.165, 1.54) is 18.3 Å². The molecule has 1 amide bonds. The van der Waals surface area contributed by atoms with Gasteiger partial charge in [-0.2, -0.15) is 5.10 Å². The summed E-state index contributed by atoms with van der Waals surface area (Å²) >= 11 is 0. The third-order valence-corrected chi connectivity index (χ3v) is 3.63. The number of anilines is 1. The van der Waals surface area contributed by atoms with E-state index in [0.717, 1.165) is 5.69 Å². The second kappa shape index (κ2) is 8.48. The number of rotatable bonds is 7. The minimum absolute atomic E-state index is 0.0900. The van der Waals surface area contributed by atoms with Crippen LogP contribution in [0, 0.1) is 0 Å². The van der Waals surface area contributed by atoms with Gasteiger partial charge in [0.05, 0.1) is 18.3 Å². The molecule has 0 bridgehead atoms. The predicted octanol–water partition coefficient (Wildman–Crippen LogP) is 3.21. The summed E-state index contributed by atoms with van der Waals surface area (Å²) in [6.45, 7) is 0.0900. The number of carboxylic acids is 1. The molecule has 27 heavy (non-hydrogen) atoms. The molecule has 0 aliphatic rings. The van der Waals surface area contributed by atoms with Crippen LogP contribution in [0.15, 0.2) is 76.2 Å². The summed E-state index contributed by atoms with van der Waals surface area (Å²) in [5, 5.41) is 15.9. The fourth-order valence-electron chi connectivity index (χ4n) is 2.33. The molecule has 0 aliphatic heterocycles. The molecule has 0 atom stereocenters. The van der Waals surface area contributed by atoms with Gasteiger partial charge in [0.1, 0.15) is 11.5 Å². The number of benzene rings is 2. The number of nitrogens with one attached hydrogen (secondary N) is 2. The van der Waals surface area contributed by atoms with Crippen LogP contribution in [0.2, 0.25) is 0 Å². The van der Waals surface area contributed by atoms with Crippen molar-refractivity contribution in [1.29, 1.82) is 0 Å². The fraction of sp³-hybridized carbons (Fsp3) is 0.0500. The van der Waals surface area contributed by atoms with Crippen molar-refractivity contribution in [2.75, 3.05) is 11.9 Å². The van der Waals surface area contributed by atoms with Gasteiger partial charge in [-0.15, -0.1) is 0 Å². The smallest absolute Gasteiger partial charge is 0.335 e. The van der Waals surface area contributed by atoms with Gasteiger partial charge in [0.15, 0.2) is 0 Å². The molecule has 3 rings (SSSR count). The molecule has 0 radical (unpaired) electrons. The molecule has 3 aromatic rings. The lowest BCUT2D eigenvalue weighted by Crippen LogP contribution is -2.25. The van der Waals surface area contributed by atoms with Gasteiger partial charge < -0.3 is 14.8 Å². The molecule has 0 spiro atoms. The molecule has 1 aromatic heterocycles. The van der Waals surface area contributed by atoms with Crippen molar-refractivity contribution < 1.29 is 19.1 Å². The number of hydrazone groups is 1. The number of nitrogens with zero attached hydrogens (tertiary/aromatic N) is 1. The zero-order valence-electron chi connectivity index (χ0n) is 14.3. The third kappa shape index (κ3) is 5.05. The molecule has 0 saturated carbocycles. The quantitative estimate of drug-likeness (QED) is 0.442. The van der Waals surface area contributed by atoms with Gasteiger partial charge >= 0.3 is 5.97 Å². The number of para-hydroxylation sites is 1. The highest BCUT2D eigenvalue weighted by Crippen LogP contribution is 2.22. The SMILES string of the molecule is O=C(CNc1ccccc1)N/N=C\c1ccc(-c2cccc(C(=O)O)c2)o1. The van der Waals surface area contributed by atoms with E-state index in [1.54, 1.807) is 24.3 Å². The Morgan fingerprint density at radius 1 is 1.04 bits per heavy atom. The average molecular weight is 363 g/mol. The van der Waals surface area contributed by atoms with Crippen molar-refractivity contribution in [3.05, 3.63) is 78.1 Å². The summed E-state index contributed by atoms with van der Waals surface area (Å²) in [4.78, 5) is 22.8. The lowest BCUT2D eigenvalue weighted by Gasteiger charge is -2.04. The van der Waals surface area contributed by atoms with Gasteiger partial charge in [-0.3, -0.25) is 4.79 Å². The van der Waals surface area contributed by atoms with Crippen molar-refractivity contribution in [1.82, 2.24) is 5.43 Å². The Bertz CT molecular complexity index is 964. The van der Waals surface area contributed by atoms with E-state index < -0.39 is 5.97 Å². The Kier molecular flexibility index (Phi) is 5.64. The minimum Gasteiger partial charge on any atom is -0.478 e. The van der Waals surface area contributed by atoms with E-state index in [2.05, 4.69) is 15.8 Å². The number of hydrogen-bond donors (Lipinski definition) is 3. The van der Waals surface area contributed by atoms with Crippen LogP contribution in [-0.4, -0.2) is 29.7 Å². The highest BCUT2D eigenvalue weighted by Gasteiger charge is 2.08. The van der Waals surface area contributed by atoms with Crippen LogP contribution in [-0.2, 0) is 4.79 Å². The second-order valence-electron chi connectivity index (χ2n) is 5.60. The largest absolute Gasteiger partial charge is 0.478 e. The topological polar surface area (TPSA) is 104 Å². The first-order chi connectivity index (χ1) is 13.1. The summed E-state index contributed by atoms with van der Waals surface area (Å²) in [6.07, 6.45) is 1.38. The van der Waals surface area contributed by atoms with Gasteiger partial charge in [-0.1, -0.05) is 30.3 Å². The molecule has 1 heterocycles. The van der Waals surface area contributed by atoms with Crippen LogP contribution in [0.25, 0.3) is 11.3 Å². The minimum atomic E-state index is -1.00. The maximum Gasteiger partial charge on any atom is 0.335 e. The standard InChI is InChI=1S/C20H17N3O4/c24-19(13-21-16-7-2-1-3-8-16)23-22-12-17-9-10-18(27-17)14-5-4-6-15(11-14)20(25)26/h1-12,21H,13H2,(H,23,24)(H,25,26)/b22-12-. The first-order valence-electron chi connectivity index (χ1n) is 8.16. The second-order valence-corrected chi connectivity index (χ2v) is 5.60.